The summed E-state index contributed by atoms with van der Waals surface area (Å²) < 4.78 is 0. The third kappa shape index (κ3) is 3.71. The number of hydrogen-bond donors (Lipinski definition) is 0. The molecular formula is C52H30. The molecule has 0 radical (unpaired) electrons. The van der Waals surface area contributed by atoms with Gasteiger partial charge in [0.1, 0.15) is 0 Å². The van der Waals surface area contributed by atoms with E-state index in [9.17, 15) is 0 Å². The van der Waals surface area contributed by atoms with E-state index in [-0.39, 0.29) is 0 Å². The first-order chi connectivity index (χ1) is 25.8. The Kier molecular flexibility index (Phi) is 5.59. The molecule has 0 heterocycles. The van der Waals surface area contributed by atoms with Gasteiger partial charge in [0.2, 0.25) is 0 Å². The van der Waals surface area contributed by atoms with Gasteiger partial charge in [0, 0.05) is 0 Å². The fourth-order valence-corrected chi connectivity index (χ4v) is 9.54. The lowest BCUT2D eigenvalue weighted by atomic mass is 9.82. The molecule has 2 aliphatic rings. The second-order valence-electron chi connectivity index (χ2n) is 14.3. The predicted molar refractivity (Wildman–Crippen MR) is 222 cm³/mol. The highest BCUT2D eigenvalue weighted by molar-refractivity contribution is 6.27. The molecule has 0 unspecified atom stereocenters. The van der Waals surface area contributed by atoms with E-state index < -0.39 is 0 Å². The molecule has 0 atom stereocenters. The van der Waals surface area contributed by atoms with Crippen LogP contribution in [0, 0.1) is 0 Å². The first kappa shape index (κ1) is 28.0. The van der Waals surface area contributed by atoms with Gasteiger partial charge >= 0.3 is 0 Å². The molecule has 12 rings (SSSR count). The first-order valence-electron chi connectivity index (χ1n) is 18.2. The van der Waals surface area contributed by atoms with Crippen molar-refractivity contribution in [1.29, 1.82) is 0 Å². The van der Waals surface area contributed by atoms with Gasteiger partial charge in [-0.3, -0.25) is 0 Å². The Balaban J connectivity index is 1.24. The normalized spacial score (nSPS) is 12.2. The quantitative estimate of drug-likeness (QED) is 0.166. The summed E-state index contributed by atoms with van der Waals surface area (Å²) in [5.41, 5.74) is 18.1. The van der Waals surface area contributed by atoms with Crippen molar-refractivity contribution in [3.63, 3.8) is 0 Å². The Morgan fingerprint density at radius 1 is 0.212 bits per heavy atom. The molecule has 0 spiro atoms. The summed E-state index contributed by atoms with van der Waals surface area (Å²) in [6.07, 6.45) is 0. The molecule has 0 aliphatic heterocycles. The number of benzene rings is 10. The van der Waals surface area contributed by atoms with Gasteiger partial charge in [-0.15, -0.1) is 0 Å². The van der Waals surface area contributed by atoms with Gasteiger partial charge in [0.25, 0.3) is 0 Å². The molecule has 10 aromatic rings. The molecule has 52 heavy (non-hydrogen) atoms. The molecule has 0 saturated heterocycles. The van der Waals surface area contributed by atoms with Gasteiger partial charge < -0.3 is 0 Å². The lowest BCUT2D eigenvalue weighted by Gasteiger charge is -2.21. The fraction of sp³-hybridized carbons (Fsp3) is 0. The number of rotatable bonds is 3. The van der Waals surface area contributed by atoms with Crippen LogP contribution in [0.2, 0.25) is 0 Å². The average Bonchev–Trinajstić information content (AvgIpc) is 3.71. The molecule has 238 valence electrons. The molecule has 0 nitrogen and oxygen atoms in total. The third-order valence-electron chi connectivity index (χ3n) is 11.7. The van der Waals surface area contributed by atoms with Crippen molar-refractivity contribution >= 4 is 43.1 Å². The molecule has 0 N–H and O–H groups in total. The van der Waals surface area contributed by atoms with Crippen molar-refractivity contribution in [2.45, 2.75) is 0 Å². The van der Waals surface area contributed by atoms with Crippen LogP contribution in [-0.4, -0.2) is 0 Å². The van der Waals surface area contributed by atoms with Crippen LogP contribution in [0.25, 0.3) is 121 Å². The van der Waals surface area contributed by atoms with Gasteiger partial charge in [-0.1, -0.05) is 158 Å². The number of hydrogen-bond acceptors (Lipinski definition) is 0. The molecule has 10 aromatic carbocycles. The summed E-state index contributed by atoms with van der Waals surface area (Å²) in [7, 11) is 0. The lowest BCUT2D eigenvalue weighted by Crippen LogP contribution is -1.94. The van der Waals surface area contributed by atoms with Crippen LogP contribution in [0.1, 0.15) is 0 Å². The van der Waals surface area contributed by atoms with Crippen LogP contribution < -0.4 is 0 Å². The van der Waals surface area contributed by atoms with E-state index in [2.05, 4.69) is 182 Å². The fourth-order valence-electron chi connectivity index (χ4n) is 9.54. The Bertz CT molecular complexity index is 3120. The van der Waals surface area contributed by atoms with Crippen molar-refractivity contribution in [3.05, 3.63) is 182 Å². The standard InChI is InChI=1S/C52H30/c1-3-13-31(14-4-1)43-28-48(37-25-26-42-36-20-10-9-19-35(36)39-22-12-23-40(37)51(39)42)50(32-15-5-2-6-16-32)49-30-46-44(29-45(43)49)41-24-11-21-38-34-18-8-7-17-33(34)27-47(46)52(38)41/h1-30H. The molecule has 0 heteroatoms. The minimum Gasteiger partial charge on any atom is -0.0622 e. The van der Waals surface area contributed by atoms with E-state index in [1.54, 1.807) is 0 Å². The van der Waals surface area contributed by atoms with Gasteiger partial charge in [0.05, 0.1) is 0 Å². The topological polar surface area (TPSA) is 0 Å². The predicted octanol–water partition coefficient (Wildman–Crippen LogP) is 14.6. The van der Waals surface area contributed by atoms with Gasteiger partial charge in [-0.2, -0.15) is 0 Å². The highest BCUT2D eigenvalue weighted by Crippen LogP contribution is 2.55. The van der Waals surface area contributed by atoms with E-state index in [1.165, 1.54) is 121 Å². The Hall–Kier alpha value is -6.76. The molecule has 0 saturated carbocycles. The van der Waals surface area contributed by atoms with Gasteiger partial charge in [0.15, 0.2) is 0 Å². The first-order valence-corrected chi connectivity index (χ1v) is 18.2. The molecule has 0 bridgehead atoms. The lowest BCUT2D eigenvalue weighted by molar-refractivity contribution is 1.61. The van der Waals surface area contributed by atoms with E-state index in [0.717, 1.165) is 0 Å². The molecular weight excluding hydrogens is 625 g/mol. The van der Waals surface area contributed by atoms with Crippen LogP contribution in [0.5, 0.6) is 0 Å². The van der Waals surface area contributed by atoms with Crippen LogP contribution >= 0.6 is 0 Å². The highest BCUT2D eigenvalue weighted by Gasteiger charge is 2.28. The Morgan fingerprint density at radius 2 is 0.750 bits per heavy atom. The van der Waals surface area contributed by atoms with Crippen LogP contribution in [0.3, 0.4) is 0 Å². The molecule has 0 amide bonds. The van der Waals surface area contributed by atoms with Crippen molar-refractivity contribution in [1.82, 2.24) is 0 Å². The van der Waals surface area contributed by atoms with Crippen LogP contribution in [0.15, 0.2) is 182 Å². The maximum atomic E-state index is 2.52. The van der Waals surface area contributed by atoms with Crippen molar-refractivity contribution in [2.24, 2.45) is 0 Å². The van der Waals surface area contributed by atoms with E-state index >= 15 is 0 Å². The largest absolute Gasteiger partial charge is 0.0622 e. The summed E-state index contributed by atoms with van der Waals surface area (Å²) in [6.45, 7) is 0. The molecule has 0 aromatic heterocycles. The second-order valence-corrected chi connectivity index (χ2v) is 14.3. The zero-order valence-corrected chi connectivity index (χ0v) is 28.3. The second kappa shape index (κ2) is 10.4. The van der Waals surface area contributed by atoms with Gasteiger partial charge in [-0.25, -0.2) is 0 Å². The summed E-state index contributed by atoms with van der Waals surface area (Å²) in [5.74, 6) is 0. The minimum atomic E-state index is 1.23. The average molecular weight is 655 g/mol. The zero-order valence-electron chi connectivity index (χ0n) is 28.3. The van der Waals surface area contributed by atoms with E-state index in [1.807, 2.05) is 0 Å². The summed E-state index contributed by atoms with van der Waals surface area (Å²) in [6, 6.07) is 68.1. The Morgan fingerprint density at radius 3 is 1.54 bits per heavy atom. The van der Waals surface area contributed by atoms with E-state index in [0.29, 0.717) is 0 Å². The summed E-state index contributed by atoms with van der Waals surface area (Å²) in [5, 5.41) is 10.5. The SMILES string of the molecule is c1ccc(-c2cc(-c3ccc4c5c(cccc35)-c3ccccc3-4)c(-c3ccccc3)c3cc4c(cc23)-c2cccc3c2c-4cc2ccccc23)cc1. The number of fused-ring (bicyclic) bond motifs is 9. The maximum absolute atomic E-state index is 2.52. The van der Waals surface area contributed by atoms with Crippen LogP contribution in [-0.2, 0) is 0 Å². The minimum absolute atomic E-state index is 1.23. The molecule has 0 fully saturated rings. The highest BCUT2D eigenvalue weighted by atomic mass is 14.3. The van der Waals surface area contributed by atoms with Crippen molar-refractivity contribution in [3.8, 4) is 77.9 Å². The van der Waals surface area contributed by atoms with Crippen LogP contribution in [0.4, 0.5) is 0 Å². The van der Waals surface area contributed by atoms with Crippen molar-refractivity contribution < 1.29 is 0 Å². The zero-order chi connectivity index (χ0) is 33.9. The monoisotopic (exact) mass is 654 g/mol. The van der Waals surface area contributed by atoms with Crippen molar-refractivity contribution in [2.75, 3.05) is 0 Å². The summed E-state index contributed by atoms with van der Waals surface area (Å²) in [4.78, 5) is 0. The Labute approximate surface area is 301 Å². The maximum Gasteiger partial charge on any atom is -0.00199 e. The smallest absolute Gasteiger partial charge is 0.00199 e. The molecule has 2 aliphatic carbocycles. The third-order valence-corrected chi connectivity index (χ3v) is 11.7. The van der Waals surface area contributed by atoms with Gasteiger partial charge in [-0.05, 0) is 145 Å². The van der Waals surface area contributed by atoms with E-state index in [4.69, 9.17) is 0 Å². The summed E-state index contributed by atoms with van der Waals surface area (Å²) >= 11 is 0.